The number of nitrogens with one attached hydrogen (secondary N) is 1. The van der Waals surface area contributed by atoms with Crippen molar-refractivity contribution in [1.82, 2.24) is 10.3 Å². The smallest absolute Gasteiger partial charge is 0.335 e. The van der Waals surface area contributed by atoms with Crippen LogP contribution in [0.2, 0.25) is 0 Å². The first-order chi connectivity index (χ1) is 9.63. The molecule has 1 aromatic heterocycles. The van der Waals surface area contributed by atoms with E-state index in [1.807, 2.05) is 0 Å². The lowest BCUT2D eigenvalue weighted by Gasteiger charge is -2.05. The molecule has 0 atom stereocenters. The summed E-state index contributed by atoms with van der Waals surface area (Å²) in [5.41, 5.74) is 6.10. The number of aromatic carboxylic acids is 1. The van der Waals surface area contributed by atoms with Crippen LogP contribution in [-0.2, 0) is 11.3 Å². The Morgan fingerprint density at radius 1 is 1.25 bits per heavy atom. The summed E-state index contributed by atoms with van der Waals surface area (Å²) in [5, 5.41) is 11.6. The molecule has 0 unspecified atom stereocenters. The predicted molar refractivity (Wildman–Crippen MR) is 75.2 cm³/mol. The second-order valence-electron chi connectivity index (χ2n) is 4.57. The molecule has 0 aliphatic carbocycles. The summed E-state index contributed by atoms with van der Waals surface area (Å²) in [5.74, 6) is -1.04. The van der Waals surface area contributed by atoms with Crippen LogP contribution in [0.25, 0.3) is 0 Å². The Labute approximate surface area is 118 Å². The molecule has 0 aliphatic heterocycles. The van der Waals surface area contributed by atoms with Crippen molar-refractivity contribution in [2.24, 2.45) is 5.73 Å². The number of pyridine rings is 1. The van der Waals surface area contributed by atoms with E-state index < -0.39 is 5.97 Å². The molecule has 1 amide bonds. The number of carbonyl (C=O) groups excluding carboxylic acids is 1. The molecule has 1 aromatic rings. The van der Waals surface area contributed by atoms with Gasteiger partial charge in [0.1, 0.15) is 0 Å². The maximum absolute atomic E-state index is 11.6. The Balaban J connectivity index is 2.27. The van der Waals surface area contributed by atoms with Crippen molar-refractivity contribution in [1.29, 1.82) is 0 Å². The van der Waals surface area contributed by atoms with Crippen LogP contribution in [-0.4, -0.2) is 28.5 Å². The summed E-state index contributed by atoms with van der Waals surface area (Å²) in [7, 11) is 0. The first-order valence-electron chi connectivity index (χ1n) is 6.78. The highest BCUT2D eigenvalue weighted by molar-refractivity contribution is 5.87. The minimum atomic E-state index is -1.00. The Bertz CT molecular complexity index is 449. The number of rotatable bonds is 9. The molecule has 0 saturated heterocycles. The van der Waals surface area contributed by atoms with Gasteiger partial charge in [0.15, 0.2) is 0 Å². The van der Waals surface area contributed by atoms with Crippen LogP contribution >= 0.6 is 0 Å². The second-order valence-corrected chi connectivity index (χ2v) is 4.57. The zero-order valence-corrected chi connectivity index (χ0v) is 11.5. The lowest BCUT2D eigenvalue weighted by Crippen LogP contribution is -2.23. The number of carboxylic acids is 1. The number of nitrogens with two attached hydrogens (primary N) is 1. The molecule has 6 nitrogen and oxygen atoms in total. The number of carbonyl (C=O) groups is 2. The van der Waals surface area contributed by atoms with Gasteiger partial charge in [-0.25, -0.2) is 4.79 Å². The van der Waals surface area contributed by atoms with Gasteiger partial charge in [0, 0.05) is 12.6 Å². The van der Waals surface area contributed by atoms with E-state index in [2.05, 4.69) is 10.3 Å². The minimum absolute atomic E-state index is 0.0414. The molecule has 0 saturated carbocycles. The summed E-state index contributed by atoms with van der Waals surface area (Å²) in [6, 6.07) is 2.88. The molecule has 1 rings (SSSR count). The number of aromatic nitrogens is 1. The fraction of sp³-hybridized carbons (Fsp3) is 0.500. The van der Waals surface area contributed by atoms with Gasteiger partial charge < -0.3 is 16.2 Å². The number of carboxylic acid groups (broad SMARTS) is 1. The number of amides is 1. The largest absolute Gasteiger partial charge is 0.478 e. The number of hydrogen-bond donors (Lipinski definition) is 3. The zero-order valence-electron chi connectivity index (χ0n) is 11.5. The van der Waals surface area contributed by atoms with E-state index in [0.29, 0.717) is 18.7 Å². The molecule has 0 spiro atoms. The van der Waals surface area contributed by atoms with E-state index in [-0.39, 0.29) is 18.0 Å². The molecule has 4 N–H and O–H groups in total. The molecule has 1 heterocycles. The first-order valence-corrected chi connectivity index (χ1v) is 6.78. The Morgan fingerprint density at radius 3 is 2.70 bits per heavy atom. The standard InChI is InChI=1S/C14H21N3O3/c15-7-4-2-1-3-5-13(18)17-10-12-9-11(14(19)20)6-8-16-12/h6,8-9H,1-5,7,10,15H2,(H,17,18)(H,19,20). The van der Waals surface area contributed by atoms with Gasteiger partial charge in [-0.05, 0) is 31.5 Å². The van der Waals surface area contributed by atoms with E-state index in [4.69, 9.17) is 10.8 Å². The van der Waals surface area contributed by atoms with E-state index >= 15 is 0 Å². The van der Waals surface area contributed by atoms with E-state index in [0.717, 1.165) is 25.7 Å². The average molecular weight is 279 g/mol. The van der Waals surface area contributed by atoms with Crippen LogP contribution in [0.4, 0.5) is 0 Å². The van der Waals surface area contributed by atoms with Gasteiger partial charge in [-0.15, -0.1) is 0 Å². The maximum Gasteiger partial charge on any atom is 0.335 e. The molecule has 0 radical (unpaired) electrons. The van der Waals surface area contributed by atoms with E-state index in [1.54, 1.807) is 0 Å². The summed E-state index contributed by atoms with van der Waals surface area (Å²) in [6.07, 6.45) is 5.78. The molecule has 0 aromatic carbocycles. The lowest BCUT2D eigenvalue weighted by molar-refractivity contribution is -0.121. The lowest BCUT2D eigenvalue weighted by atomic mass is 10.1. The SMILES string of the molecule is NCCCCCCC(=O)NCc1cc(C(=O)O)ccn1. The predicted octanol–water partition coefficient (Wildman–Crippen LogP) is 1.31. The zero-order chi connectivity index (χ0) is 14.8. The topological polar surface area (TPSA) is 105 Å². The highest BCUT2D eigenvalue weighted by Crippen LogP contribution is 2.04. The molecular formula is C14H21N3O3. The minimum Gasteiger partial charge on any atom is -0.478 e. The highest BCUT2D eigenvalue weighted by atomic mass is 16.4. The van der Waals surface area contributed by atoms with Crippen molar-refractivity contribution in [2.45, 2.75) is 38.6 Å². The highest BCUT2D eigenvalue weighted by Gasteiger charge is 2.06. The second kappa shape index (κ2) is 9.03. The van der Waals surface area contributed by atoms with Crippen LogP contribution in [0, 0.1) is 0 Å². The molecule has 0 aliphatic rings. The van der Waals surface area contributed by atoms with E-state index in [1.165, 1.54) is 18.3 Å². The number of nitrogens with zero attached hydrogens (tertiary/aromatic N) is 1. The van der Waals surface area contributed by atoms with Gasteiger partial charge in [0.25, 0.3) is 0 Å². The van der Waals surface area contributed by atoms with Gasteiger partial charge >= 0.3 is 5.97 Å². The van der Waals surface area contributed by atoms with Gasteiger partial charge in [-0.3, -0.25) is 9.78 Å². The first kappa shape index (κ1) is 16.1. The summed E-state index contributed by atoms with van der Waals surface area (Å²) < 4.78 is 0. The summed E-state index contributed by atoms with van der Waals surface area (Å²) in [6.45, 7) is 0.945. The molecule has 0 bridgehead atoms. The van der Waals surface area contributed by atoms with Gasteiger partial charge in [-0.1, -0.05) is 12.8 Å². The normalized spacial score (nSPS) is 10.2. The maximum atomic E-state index is 11.6. The number of unbranched alkanes of at least 4 members (excludes halogenated alkanes) is 3. The van der Waals surface area contributed by atoms with Crippen molar-refractivity contribution >= 4 is 11.9 Å². The van der Waals surface area contributed by atoms with Gasteiger partial charge in [-0.2, -0.15) is 0 Å². The van der Waals surface area contributed by atoms with Crippen molar-refractivity contribution in [3.63, 3.8) is 0 Å². The van der Waals surface area contributed by atoms with E-state index in [9.17, 15) is 9.59 Å². The molecule has 0 fully saturated rings. The third-order valence-electron chi connectivity index (χ3n) is 2.89. The van der Waals surface area contributed by atoms with Crippen LogP contribution in [0.3, 0.4) is 0 Å². The quantitative estimate of drug-likeness (QED) is 0.591. The van der Waals surface area contributed by atoms with Crippen molar-refractivity contribution in [2.75, 3.05) is 6.54 Å². The molecule has 110 valence electrons. The van der Waals surface area contributed by atoms with Crippen LogP contribution in [0.5, 0.6) is 0 Å². The van der Waals surface area contributed by atoms with Crippen LogP contribution < -0.4 is 11.1 Å². The van der Waals surface area contributed by atoms with Gasteiger partial charge in [0.2, 0.25) is 5.91 Å². The Hall–Kier alpha value is -1.95. The summed E-state index contributed by atoms with van der Waals surface area (Å²) in [4.78, 5) is 26.4. The number of hydrogen-bond acceptors (Lipinski definition) is 4. The fourth-order valence-electron chi connectivity index (χ4n) is 1.77. The average Bonchev–Trinajstić information content (AvgIpc) is 2.45. The molecule has 20 heavy (non-hydrogen) atoms. The van der Waals surface area contributed by atoms with Crippen molar-refractivity contribution in [3.8, 4) is 0 Å². The van der Waals surface area contributed by atoms with Crippen LogP contribution in [0.15, 0.2) is 18.3 Å². The molecular weight excluding hydrogens is 258 g/mol. The Morgan fingerprint density at radius 2 is 2.00 bits per heavy atom. The summed E-state index contributed by atoms with van der Waals surface area (Å²) >= 11 is 0. The Kier molecular flexibility index (Phi) is 7.27. The fourth-order valence-corrected chi connectivity index (χ4v) is 1.77. The van der Waals surface area contributed by atoms with Gasteiger partial charge in [0.05, 0.1) is 17.8 Å². The monoisotopic (exact) mass is 279 g/mol. The van der Waals surface area contributed by atoms with Crippen molar-refractivity contribution < 1.29 is 14.7 Å². The van der Waals surface area contributed by atoms with Crippen LogP contribution in [0.1, 0.15) is 48.2 Å². The molecule has 6 heteroatoms. The third-order valence-corrected chi connectivity index (χ3v) is 2.89. The third kappa shape index (κ3) is 6.29. The van der Waals surface area contributed by atoms with Crippen molar-refractivity contribution in [3.05, 3.63) is 29.6 Å².